The van der Waals surface area contributed by atoms with Crippen LogP contribution < -0.4 is 9.62 Å². The van der Waals surface area contributed by atoms with Gasteiger partial charge in [-0.05, 0) is 30.2 Å². The van der Waals surface area contributed by atoms with Gasteiger partial charge < -0.3 is 4.90 Å². The first-order valence-corrected chi connectivity index (χ1v) is 10.6. The monoisotopic (exact) mass is 382 g/mol. The third-order valence-corrected chi connectivity index (χ3v) is 6.44. The normalized spacial score (nSPS) is 15.8. The van der Waals surface area contributed by atoms with Gasteiger partial charge in [-0.15, -0.1) is 0 Å². The van der Waals surface area contributed by atoms with Crippen molar-refractivity contribution in [3.05, 3.63) is 54.9 Å². The highest BCUT2D eigenvalue weighted by molar-refractivity contribution is 7.93. The van der Waals surface area contributed by atoms with Gasteiger partial charge in [0.2, 0.25) is 5.95 Å². The van der Waals surface area contributed by atoms with Gasteiger partial charge in [0.25, 0.3) is 10.0 Å². The second-order valence-electron chi connectivity index (χ2n) is 7.02. The molecular formula is C20H22N4O2S. The molecular weight excluding hydrogens is 360 g/mol. The van der Waals surface area contributed by atoms with Crippen molar-refractivity contribution >= 4 is 32.4 Å². The minimum Gasteiger partial charge on any atom is -0.341 e. The van der Waals surface area contributed by atoms with Crippen LogP contribution >= 0.6 is 0 Å². The van der Waals surface area contributed by atoms with Crippen molar-refractivity contribution in [2.24, 2.45) is 5.92 Å². The molecule has 0 bridgehead atoms. The lowest BCUT2D eigenvalue weighted by Crippen LogP contribution is -2.34. The molecule has 6 nitrogen and oxygen atoms in total. The molecule has 2 heterocycles. The minimum absolute atomic E-state index is 0.245. The van der Waals surface area contributed by atoms with Crippen LogP contribution in [0.4, 0.5) is 11.6 Å². The summed E-state index contributed by atoms with van der Waals surface area (Å²) in [5, 5.41) is 1.57. The van der Waals surface area contributed by atoms with Gasteiger partial charge in [0.15, 0.2) is 0 Å². The molecule has 3 aromatic rings. The van der Waals surface area contributed by atoms with Gasteiger partial charge in [0.1, 0.15) is 0 Å². The van der Waals surface area contributed by atoms with E-state index in [1.165, 1.54) is 12.4 Å². The van der Waals surface area contributed by atoms with Gasteiger partial charge in [0, 0.05) is 18.5 Å². The first-order chi connectivity index (χ1) is 13.0. The molecule has 2 aromatic carbocycles. The van der Waals surface area contributed by atoms with Gasteiger partial charge >= 0.3 is 0 Å². The zero-order valence-electron chi connectivity index (χ0n) is 15.2. The maximum atomic E-state index is 12.9. The molecule has 0 saturated carbocycles. The summed E-state index contributed by atoms with van der Waals surface area (Å²) in [6.07, 6.45) is 5.31. The van der Waals surface area contributed by atoms with Crippen molar-refractivity contribution in [2.45, 2.75) is 24.7 Å². The minimum atomic E-state index is -3.73. The Bertz CT molecular complexity index is 1040. The van der Waals surface area contributed by atoms with E-state index < -0.39 is 10.0 Å². The summed E-state index contributed by atoms with van der Waals surface area (Å²) in [7, 11) is -3.73. The van der Waals surface area contributed by atoms with Crippen LogP contribution in [0, 0.1) is 5.92 Å². The smallest absolute Gasteiger partial charge is 0.262 e. The van der Waals surface area contributed by atoms with Crippen LogP contribution in [0.15, 0.2) is 59.8 Å². The van der Waals surface area contributed by atoms with Crippen LogP contribution in [-0.2, 0) is 10.0 Å². The molecule has 1 aromatic heterocycles. The predicted octanol–water partition coefficient (Wildman–Crippen LogP) is 3.67. The highest BCUT2D eigenvalue weighted by atomic mass is 32.2. The summed E-state index contributed by atoms with van der Waals surface area (Å²) in [4.78, 5) is 11.1. The number of fused-ring (bicyclic) bond motifs is 1. The molecule has 1 aliphatic heterocycles. The highest BCUT2D eigenvalue weighted by Crippen LogP contribution is 2.25. The molecule has 0 aliphatic carbocycles. The Morgan fingerprint density at radius 1 is 1.00 bits per heavy atom. The number of nitrogens with zero attached hydrogens (tertiary/aromatic N) is 3. The maximum Gasteiger partial charge on any atom is 0.262 e. The maximum absolute atomic E-state index is 12.9. The average Bonchev–Trinajstić information content (AvgIpc) is 2.68. The van der Waals surface area contributed by atoms with Crippen LogP contribution in [0.1, 0.15) is 19.8 Å². The van der Waals surface area contributed by atoms with Gasteiger partial charge in [-0.3, -0.25) is 4.72 Å². The first kappa shape index (κ1) is 17.7. The number of aromatic nitrogens is 2. The summed E-state index contributed by atoms with van der Waals surface area (Å²) in [6, 6.07) is 12.7. The van der Waals surface area contributed by atoms with E-state index in [0.29, 0.717) is 17.0 Å². The molecule has 7 heteroatoms. The fraction of sp³-hybridized carbons (Fsp3) is 0.300. The standard InChI is InChI=1S/C20H22N4O2S/c1-15-9-11-24(12-10-15)20-21-13-17(14-22-20)23-27(25,26)19-8-4-6-16-5-2-3-7-18(16)19/h2-8,13-15,23H,9-12H2,1H3. The van der Waals surface area contributed by atoms with Gasteiger partial charge in [-0.2, -0.15) is 0 Å². The summed E-state index contributed by atoms with van der Waals surface area (Å²) >= 11 is 0. The second-order valence-corrected chi connectivity index (χ2v) is 8.67. The molecule has 0 unspecified atom stereocenters. The number of hydrogen-bond acceptors (Lipinski definition) is 5. The van der Waals surface area contributed by atoms with Crippen molar-refractivity contribution < 1.29 is 8.42 Å². The molecule has 0 spiro atoms. The Morgan fingerprint density at radius 2 is 1.67 bits per heavy atom. The average molecular weight is 382 g/mol. The third kappa shape index (κ3) is 3.73. The number of hydrogen-bond donors (Lipinski definition) is 1. The number of rotatable bonds is 4. The van der Waals surface area contributed by atoms with Gasteiger partial charge in [-0.25, -0.2) is 18.4 Å². The molecule has 4 rings (SSSR count). The van der Waals surface area contributed by atoms with E-state index >= 15 is 0 Å². The SMILES string of the molecule is CC1CCN(c2ncc(NS(=O)(=O)c3cccc4ccccc34)cn2)CC1. The van der Waals surface area contributed by atoms with Crippen LogP contribution in [0.3, 0.4) is 0 Å². The molecule has 1 aliphatic rings. The largest absolute Gasteiger partial charge is 0.341 e. The lowest BCUT2D eigenvalue weighted by Gasteiger charge is -2.30. The molecule has 0 amide bonds. The van der Waals surface area contributed by atoms with Gasteiger partial charge in [-0.1, -0.05) is 43.3 Å². The first-order valence-electron chi connectivity index (χ1n) is 9.10. The fourth-order valence-electron chi connectivity index (χ4n) is 3.39. The number of piperidine rings is 1. The van der Waals surface area contributed by atoms with Crippen molar-refractivity contribution in [3.8, 4) is 0 Å². The van der Waals surface area contributed by atoms with Crippen molar-refractivity contribution in [2.75, 3.05) is 22.7 Å². The fourth-order valence-corrected chi connectivity index (χ4v) is 4.64. The molecule has 1 N–H and O–H groups in total. The Labute approximate surface area is 159 Å². The Morgan fingerprint density at radius 3 is 2.41 bits per heavy atom. The van der Waals surface area contributed by atoms with Crippen LogP contribution in [0.2, 0.25) is 0 Å². The van der Waals surface area contributed by atoms with Crippen LogP contribution in [0.5, 0.6) is 0 Å². The van der Waals surface area contributed by atoms with Crippen molar-refractivity contribution in [3.63, 3.8) is 0 Å². The number of anilines is 2. The number of sulfonamides is 1. The van der Waals surface area contributed by atoms with E-state index in [4.69, 9.17) is 0 Å². The van der Waals surface area contributed by atoms with E-state index in [1.807, 2.05) is 24.3 Å². The quantitative estimate of drug-likeness (QED) is 0.745. The predicted molar refractivity (Wildman–Crippen MR) is 107 cm³/mol. The van der Waals surface area contributed by atoms with E-state index in [2.05, 4.69) is 26.5 Å². The molecule has 0 radical (unpaired) electrons. The molecule has 140 valence electrons. The van der Waals surface area contributed by atoms with Gasteiger partial charge in [0.05, 0.1) is 23.0 Å². The lowest BCUT2D eigenvalue weighted by molar-refractivity contribution is 0.434. The lowest BCUT2D eigenvalue weighted by atomic mass is 10.00. The molecule has 0 atom stereocenters. The number of benzene rings is 2. The second kappa shape index (κ2) is 7.15. The number of nitrogens with one attached hydrogen (secondary N) is 1. The highest BCUT2D eigenvalue weighted by Gasteiger charge is 2.20. The van der Waals surface area contributed by atoms with E-state index in [0.717, 1.165) is 37.2 Å². The topological polar surface area (TPSA) is 75.2 Å². The zero-order chi connectivity index (χ0) is 18.9. The summed E-state index contributed by atoms with van der Waals surface area (Å²) in [5.41, 5.74) is 0.358. The summed E-state index contributed by atoms with van der Waals surface area (Å²) in [6.45, 7) is 4.12. The Kier molecular flexibility index (Phi) is 4.70. The Hall–Kier alpha value is -2.67. The third-order valence-electron chi connectivity index (χ3n) is 5.00. The molecule has 27 heavy (non-hydrogen) atoms. The summed E-state index contributed by atoms with van der Waals surface area (Å²) < 4.78 is 28.3. The van der Waals surface area contributed by atoms with Crippen LogP contribution in [-0.4, -0.2) is 31.5 Å². The zero-order valence-corrected chi connectivity index (χ0v) is 16.0. The Balaban J connectivity index is 1.56. The van der Waals surface area contributed by atoms with E-state index in [-0.39, 0.29) is 4.90 Å². The molecule has 1 saturated heterocycles. The summed E-state index contributed by atoms with van der Waals surface area (Å²) in [5.74, 6) is 1.38. The van der Waals surface area contributed by atoms with Crippen LogP contribution in [0.25, 0.3) is 10.8 Å². The van der Waals surface area contributed by atoms with E-state index in [9.17, 15) is 8.42 Å². The van der Waals surface area contributed by atoms with Crippen molar-refractivity contribution in [1.29, 1.82) is 0 Å². The van der Waals surface area contributed by atoms with E-state index in [1.54, 1.807) is 18.2 Å². The van der Waals surface area contributed by atoms with Crippen molar-refractivity contribution in [1.82, 2.24) is 9.97 Å². The molecule has 1 fully saturated rings.